The molecule has 2 heterocycles. The lowest BCUT2D eigenvalue weighted by Crippen LogP contribution is -2.26. The number of nitrogens with one attached hydrogen (secondary N) is 1. The van der Waals surface area contributed by atoms with Gasteiger partial charge in [-0.3, -0.25) is 9.59 Å². The number of para-hydroxylation sites is 1. The van der Waals surface area contributed by atoms with Crippen LogP contribution in [0.15, 0.2) is 50.4 Å². The molecular formula is C19H19NO4S2. The van der Waals surface area contributed by atoms with Crippen molar-refractivity contribution in [1.29, 1.82) is 0 Å². The molecule has 0 radical (unpaired) electrons. The first-order valence-electron chi connectivity index (χ1n) is 8.29. The highest BCUT2D eigenvalue weighted by Gasteiger charge is 2.20. The molecule has 0 saturated heterocycles. The second-order valence-corrected chi connectivity index (χ2v) is 7.66. The van der Waals surface area contributed by atoms with Gasteiger partial charge in [-0.05, 0) is 24.4 Å². The standard InChI is InChI=1S/C19H19NO4S2/c1-2-23-16(21)9-10-20-19(22)18-14(12-26-17-8-5-11-25-17)13-6-3-4-7-15(13)24-18/h3-8,11H,2,9-10,12H2,1H3,(H,20,22). The lowest BCUT2D eigenvalue weighted by molar-refractivity contribution is -0.142. The Bertz CT molecular complexity index is 886. The minimum absolute atomic E-state index is 0.138. The number of hydrogen-bond acceptors (Lipinski definition) is 6. The van der Waals surface area contributed by atoms with Crippen LogP contribution in [0.4, 0.5) is 0 Å². The zero-order valence-electron chi connectivity index (χ0n) is 14.3. The number of hydrogen-bond donors (Lipinski definition) is 1. The van der Waals surface area contributed by atoms with E-state index in [2.05, 4.69) is 11.4 Å². The maximum absolute atomic E-state index is 12.6. The molecule has 7 heteroatoms. The molecule has 5 nitrogen and oxygen atoms in total. The van der Waals surface area contributed by atoms with Crippen LogP contribution in [0.5, 0.6) is 0 Å². The van der Waals surface area contributed by atoms with E-state index in [-0.39, 0.29) is 24.8 Å². The molecule has 0 aliphatic heterocycles. The lowest BCUT2D eigenvalue weighted by Gasteiger charge is -2.05. The van der Waals surface area contributed by atoms with E-state index in [9.17, 15) is 9.59 Å². The highest BCUT2D eigenvalue weighted by Crippen LogP contribution is 2.33. The van der Waals surface area contributed by atoms with Crippen molar-refractivity contribution < 1.29 is 18.7 Å². The topological polar surface area (TPSA) is 68.5 Å². The van der Waals surface area contributed by atoms with Crippen LogP contribution in [-0.2, 0) is 15.3 Å². The number of rotatable bonds is 8. The second kappa shape index (κ2) is 8.91. The normalized spacial score (nSPS) is 10.8. The maximum atomic E-state index is 12.6. The van der Waals surface area contributed by atoms with E-state index < -0.39 is 0 Å². The molecule has 0 unspecified atom stereocenters. The number of amides is 1. The molecule has 0 atom stereocenters. The highest BCUT2D eigenvalue weighted by atomic mass is 32.2. The van der Waals surface area contributed by atoms with Crippen molar-refractivity contribution in [2.45, 2.75) is 23.3 Å². The van der Waals surface area contributed by atoms with Crippen molar-refractivity contribution in [3.05, 3.63) is 53.1 Å². The van der Waals surface area contributed by atoms with Crippen LogP contribution in [0.1, 0.15) is 29.5 Å². The van der Waals surface area contributed by atoms with Gasteiger partial charge in [0.25, 0.3) is 5.91 Å². The van der Waals surface area contributed by atoms with Crippen LogP contribution >= 0.6 is 23.1 Å². The quantitative estimate of drug-likeness (QED) is 0.455. The smallest absolute Gasteiger partial charge is 0.307 e. The van der Waals surface area contributed by atoms with Crippen molar-refractivity contribution >= 4 is 45.9 Å². The second-order valence-electron chi connectivity index (χ2n) is 5.44. The summed E-state index contributed by atoms with van der Waals surface area (Å²) >= 11 is 3.34. The predicted molar refractivity (Wildman–Crippen MR) is 104 cm³/mol. The Labute approximate surface area is 159 Å². The molecule has 1 amide bonds. The zero-order chi connectivity index (χ0) is 18.4. The van der Waals surface area contributed by atoms with Gasteiger partial charge in [0.2, 0.25) is 0 Å². The Morgan fingerprint density at radius 2 is 2.08 bits per heavy atom. The van der Waals surface area contributed by atoms with Crippen LogP contribution in [-0.4, -0.2) is 25.0 Å². The number of carbonyl (C=O) groups excluding carboxylic acids is 2. The molecule has 2 aromatic heterocycles. The van der Waals surface area contributed by atoms with E-state index in [1.165, 1.54) is 4.21 Å². The van der Waals surface area contributed by atoms with E-state index in [1.54, 1.807) is 30.0 Å². The van der Waals surface area contributed by atoms with Gasteiger partial charge in [0, 0.05) is 23.2 Å². The molecule has 26 heavy (non-hydrogen) atoms. The number of esters is 1. The Balaban J connectivity index is 1.74. The van der Waals surface area contributed by atoms with Crippen LogP contribution in [0.25, 0.3) is 11.0 Å². The Morgan fingerprint density at radius 3 is 2.85 bits per heavy atom. The van der Waals surface area contributed by atoms with Gasteiger partial charge < -0.3 is 14.5 Å². The average Bonchev–Trinajstić information content (AvgIpc) is 3.27. The fourth-order valence-electron chi connectivity index (χ4n) is 2.51. The van der Waals surface area contributed by atoms with Gasteiger partial charge in [0.15, 0.2) is 5.76 Å². The number of ether oxygens (including phenoxy) is 1. The van der Waals surface area contributed by atoms with Crippen molar-refractivity contribution in [3.63, 3.8) is 0 Å². The molecule has 3 aromatic rings. The van der Waals surface area contributed by atoms with Gasteiger partial charge in [-0.2, -0.15) is 0 Å². The summed E-state index contributed by atoms with van der Waals surface area (Å²) < 4.78 is 11.8. The SMILES string of the molecule is CCOC(=O)CCNC(=O)c1oc2ccccc2c1CSc1cccs1. The molecule has 0 aliphatic rings. The summed E-state index contributed by atoms with van der Waals surface area (Å²) in [6, 6.07) is 11.7. The lowest BCUT2D eigenvalue weighted by atomic mass is 10.1. The third-order valence-corrected chi connectivity index (χ3v) is 5.84. The Hall–Kier alpha value is -2.25. The monoisotopic (exact) mass is 389 g/mol. The number of thioether (sulfide) groups is 1. The molecule has 136 valence electrons. The van der Waals surface area contributed by atoms with E-state index in [0.717, 1.165) is 10.9 Å². The third-order valence-electron chi connectivity index (χ3n) is 3.68. The summed E-state index contributed by atoms with van der Waals surface area (Å²) in [6.07, 6.45) is 0.138. The fourth-order valence-corrected chi connectivity index (χ4v) is 4.32. The highest BCUT2D eigenvalue weighted by molar-refractivity contribution is 8.00. The molecular weight excluding hydrogens is 370 g/mol. The molecule has 3 rings (SSSR count). The van der Waals surface area contributed by atoms with Crippen molar-refractivity contribution in [3.8, 4) is 0 Å². The molecule has 1 aromatic carbocycles. The van der Waals surface area contributed by atoms with Gasteiger partial charge in [-0.1, -0.05) is 24.3 Å². The van der Waals surface area contributed by atoms with E-state index in [0.29, 0.717) is 23.7 Å². The summed E-state index contributed by atoms with van der Waals surface area (Å²) in [5, 5.41) is 5.71. The molecule has 0 fully saturated rings. The number of thiophene rings is 1. The van der Waals surface area contributed by atoms with Gasteiger partial charge in [-0.25, -0.2) is 0 Å². The first-order chi connectivity index (χ1) is 12.7. The molecule has 0 aliphatic carbocycles. The summed E-state index contributed by atoms with van der Waals surface area (Å²) in [7, 11) is 0. The van der Waals surface area contributed by atoms with Gasteiger partial charge in [0.1, 0.15) is 5.58 Å². The number of furan rings is 1. The van der Waals surface area contributed by atoms with Gasteiger partial charge in [0.05, 0.1) is 17.2 Å². The first-order valence-corrected chi connectivity index (χ1v) is 10.2. The number of benzene rings is 1. The minimum Gasteiger partial charge on any atom is -0.466 e. The summed E-state index contributed by atoms with van der Waals surface area (Å²) in [5.74, 6) is 0.301. The summed E-state index contributed by atoms with van der Waals surface area (Å²) in [5.41, 5.74) is 1.55. The fraction of sp³-hybridized carbons (Fsp3) is 0.263. The van der Waals surface area contributed by atoms with Crippen molar-refractivity contribution in [1.82, 2.24) is 5.32 Å². The third kappa shape index (κ3) is 4.47. The molecule has 0 spiro atoms. The largest absolute Gasteiger partial charge is 0.466 e. The summed E-state index contributed by atoms with van der Waals surface area (Å²) in [6.45, 7) is 2.30. The van der Waals surface area contributed by atoms with E-state index in [1.807, 2.05) is 35.7 Å². The zero-order valence-corrected chi connectivity index (χ0v) is 16.0. The van der Waals surface area contributed by atoms with Gasteiger partial charge in [-0.15, -0.1) is 23.1 Å². The average molecular weight is 389 g/mol. The Morgan fingerprint density at radius 1 is 1.23 bits per heavy atom. The van der Waals surface area contributed by atoms with Crippen molar-refractivity contribution in [2.75, 3.05) is 13.2 Å². The van der Waals surface area contributed by atoms with Crippen molar-refractivity contribution in [2.24, 2.45) is 0 Å². The first kappa shape index (κ1) is 18.5. The predicted octanol–water partition coefficient (Wildman–Crippen LogP) is 4.47. The molecule has 0 bridgehead atoms. The van der Waals surface area contributed by atoms with E-state index in [4.69, 9.17) is 9.15 Å². The molecule has 1 N–H and O–H groups in total. The van der Waals surface area contributed by atoms with Crippen LogP contribution in [0.2, 0.25) is 0 Å². The number of fused-ring (bicyclic) bond motifs is 1. The van der Waals surface area contributed by atoms with Gasteiger partial charge >= 0.3 is 5.97 Å². The minimum atomic E-state index is -0.328. The van der Waals surface area contributed by atoms with Crippen LogP contribution < -0.4 is 5.32 Å². The van der Waals surface area contributed by atoms with Crippen LogP contribution in [0.3, 0.4) is 0 Å². The molecule has 0 saturated carbocycles. The van der Waals surface area contributed by atoms with E-state index >= 15 is 0 Å². The summed E-state index contributed by atoms with van der Waals surface area (Å²) in [4.78, 5) is 24.0. The number of carbonyl (C=O) groups is 2. The van der Waals surface area contributed by atoms with Crippen LogP contribution in [0, 0.1) is 0 Å². The Kier molecular flexibility index (Phi) is 6.35. The maximum Gasteiger partial charge on any atom is 0.307 e.